The first-order valence-corrected chi connectivity index (χ1v) is 8.97. The molecule has 136 valence electrons. The minimum Gasteiger partial charge on any atom is -0.314 e. The van der Waals surface area contributed by atoms with Crippen LogP contribution >= 0.6 is 0 Å². The lowest BCUT2D eigenvalue weighted by molar-refractivity contribution is 0.488. The molecule has 0 N–H and O–H groups in total. The molecule has 3 aromatic heterocycles. The molecule has 0 aliphatic rings. The highest BCUT2D eigenvalue weighted by Gasteiger charge is 2.22. The van der Waals surface area contributed by atoms with Gasteiger partial charge in [-0.05, 0) is 32.6 Å². The maximum Gasteiger partial charge on any atom is 0.332 e. The van der Waals surface area contributed by atoms with Crippen molar-refractivity contribution in [2.24, 2.45) is 13.0 Å². The van der Waals surface area contributed by atoms with Crippen molar-refractivity contribution in [3.8, 4) is 0 Å². The van der Waals surface area contributed by atoms with Gasteiger partial charge in [0.25, 0.3) is 5.56 Å². The van der Waals surface area contributed by atoms with Gasteiger partial charge in [0, 0.05) is 31.5 Å². The second-order valence-electron chi connectivity index (χ2n) is 7.22. The Morgan fingerprint density at radius 1 is 1.04 bits per heavy atom. The van der Waals surface area contributed by atoms with Crippen LogP contribution in [0.4, 0.5) is 0 Å². The second kappa shape index (κ2) is 6.20. The molecule has 0 aliphatic heterocycles. The van der Waals surface area contributed by atoms with Crippen molar-refractivity contribution >= 4 is 16.9 Å². The fraction of sp³-hybridized carbons (Fsp3) is 0.611. The zero-order valence-electron chi connectivity index (χ0n) is 16.0. The van der Waals surface area contributed by atoms with Gasteiger partial charge in [0.2, 0.25) is 5.78 Å². The van der Waals surface area contributed by atoms with Crippen molar-refractivity contribution < 1.29 is 0 Å². The van der Waals surface area contributed by atoms with Gasteiger partial charge in [-0.3, -0.25) is 18.3 Å². The summed E-state index contributed by atoms with van der Waals surface area (Å²) < 4.78 is 6.88. The molecule has 3 rings (SSSR count). The van der Waals surface area contributed by atoms with Crippen molar-refractivity contribution in [1.82, 2.24) is 23.1 Å². The fourth-order valence-electron chi connectivity index (χ4n) is 3.39. The highest BCUT2D eigenvalue weighted by molar-refractivity contribution is 5.76. The topological polar surface area (TPSA) is 66.2 Å². The molecule has 0 saturated heterocycles. The van der Waals surface area contributed by atoms with Crippen LogP contribution in [0.1, 0.15) is 45.0 Å². The molecule has 7 nitrogen and oxygen atoms in total. The summed E-state index contributed by atoms with van der Waals surface area (Å²) >= 11 is 0. The number of hydrogen-bond acceptors (Lipinski definition) is 3. The Morgan fingerprint density at radius 3 is 2.32 bits per heavy atom. The number of nitrogens with zero attached hydrogens (tertiary/aromatic N) is 5. The Bertz CT molecular complexity index is 1060. The monoisotopic (exact) mass is 345 g/mol. The number of aromatic nitrogens is 5. The van der Waals surface area contributed by atoms with Crippen LogP contribution in [0, 0.1) is 19.8 Å². The lowest BCUT2D eigenvalue weighted by Crippen LogP contribution is -2.39. The summed E-state index contributed by atoms with van der Waals surface area (Å²) in [5.41, 5.74) is 2.51. The third kappa shape index (κ3) is 2.53. The van der Waals surface area contributed by atoms with E-state index >= 15 is 0 Å². The maximum atomic E-state index is 13.1. The number of aryl methyl sites for hydroxylation is 3. The second-order valence-corrected chi connectivity index (χ2v) is 7.22. The van der Waals surface area contributed by atoms with E-state index in [-0.39, 0.29) is 11.2 Å². The maximum absolute atomic E-state index is 13.1. The third-order valence-electron chi connectivity index (χ3n) is 5.01. The van der Waals surface area contributed by atoms with Gasteiger partial charge >= 0.3 is 5.69 Å². The Hall–Kier alpha value is -2.31. The fourth-order valence-corrected chi connectivity index (χ4v) is 3.39. The molecule has 0 saturated carbocycles. The van der Waals surface area contributed by atoms with E-state index in [1.165, 1.54) is 9.13 Å². The van der Waals surface area contributed by atoms with Gasteiger partial charge in [0.05, 0.1) is 0 Å². The molecule has 0 bridgehead atoms. The molecule has 0 amide bonds. The zero-order chi connectivity index (χ0) is 18.5. The Morgan fingerprint density at radius 2 is 1.72 bits per heavy atom. The molecular formula is C18H27N5O2. The van der Waals surface area contributed by atoms with E-state index in [0.29, 0.717) is 23.6 Å². The Labute approximate surface area is 146 Å². The van der Waals surface area contributed by atoms with Crippen LogP contribution in [-0.2, 0) is 20.1 Å². The SMILES string of the molecule is CCCn1c(C)c(C)n2c3c(=O)n(CCC(C)C)c(=O)n(C)c3nc12. The lowest BCUT2D eigenvalue weighted by Gasteiger charge is -2.09. The van der Waals surface area contributed by atoms with Crippen LogP contribution in [0.25, 0.3) is 16.9 Å². The van der Waals surface area contributed by atoms with Gasteiger partial charge in [0.1, 0.15) is 0 Å². The minimum absolute atomic E-state index is 0.247. The van der Waals surface area contributed by atoms with Crippen LogP contribution < -0.4 is 11.2 Å². The van der Waals surface area contributed by atoms with Crippen LogP contribution in [0.3, 0.4) is 0 Å². The lowest BCUT2D eigenvalue weighted by atomic mass is 10.1. The Balaban J connectivity index is 2.41. The minimum atomic E-state index is -0.296. The smallest absolute Gasteiger partial charge is 0.314 e. The predicted molar refractivity (Wildman–Crippen MR) is 99.4 cm³/mol. The van der Waals surface area contributed by atoms with Crippen molar-refractivity contribution in [2.45, 2.75) is 60.5 Å². The summed E-state index contributed by atoms with van der Waals surface area (Å²) in [6.45, 7) is 11.6. The third-order valence-corrected chi connectivity index (χ3v) is 5.01. The van der Waals surface area contributed by atoms with Gasteiger partial charge in [0.15, 0.2) is 11.2 Å². The molecule has 0 radical (unpaired) electrons. The van der Waals surface area contributed by atoms with Crippen LogP contribution in [0.15, 0.2) is 9.59 Å². The summed E-state index contributed by atoms with van der Waals surface area (Å²) in [6.07, 6.45) is 1.77. The summed E-state index contributed by atoms with van der Waals surface area (Å²) in [7, 11) is 1.69. The van der Waals surface area contributed by atoms with Crippen LogP contribution in [-0.4, -0.2) is 23.1 Å². The first kappa shape index (κ1) is 17.5. The first-order valence-electron chi connectivity index (χ1n) is 8.97. The highest BCUT2D eigenvalue weighted by atomic mass is 16.2. The van der Waals surface area contributed by atoms with Gasteiger partial charge in [-0.2, -0.15) is 4.98 Å². The normalized spacial score (nSPS) is 12.1. The van der Waals surface area contributed by atoms with E-state index in [0.717, 1.165) is 36.6 Å². The molecule has 0 unspecified atom stereocenters. The molecule has 25 heavy (non-hydrogen) atoms. The summed E-state index contributed by atoms with van der Waals surface area (Å²) in [5, 5.41) is 0. The molecule has 0 aliphatic carbocycles. The van der Waals surface area contributed by atoms with E-state index in [9.17, 15) is 9.59 Å². The van der Waals surface area contributed by atoms with E-state index in [4.69, 9.17) is 0 Å². The van der Waals surface area contributed by atoms with Gasteiger partial charge in [-0.15, -0.1) is 0 Å². The number of hydrogen-bond donors (Lipinski definition) is 0. The molecule has 0 spiro atoms. The first-order chi connectivity index (χ1) is 11.8. The van der Waals surface area contributed by atoms with E-state index < -0.39 is 0 Å². The number of fused-ring (bicyclic) bond motifs is 3. The van der Waals surface area contributed by atoms with E-state index in [2.05, 4.69) is 30.3 Å². The van der Waals surface area contributed by atoms with Crippen molar-refractivity contribution in [2.75, 3.05) is 0 Å². The van der Waals surface area contributed by atoms with Gasteiger partial charge < -0.3 is 4.57 Å². The molecular weight excluding hydrogens is 318 g/mol. The van der Waals surface area contributed by atoms with Crippen molar-refractivity contribution in [3.63, 3.8) is 0 Å². The molecule has 0 atom stereocenters. The standard InChI is InChI=1S/C18H27N5O2/c1-7-9-21-12(4)13(5)23-14-15(19-17(21)23)20(6)18(25)22(16(14)24)10-8-11(2)3/h11H,7-10H2,1-6H3. The van der Waals surface area contributed by atoms with Gasteiger partial charge in [-0.1, -0.05) is 20.8 Å². The summed E-state index contributed by atoms with van der Waals surface area (Å²) in [5.74, 6) is 1.16. The molecule has 0 fully saturated rings. The molecule has 0 aromatic carbocycles. The Kier molecular flexibility index (Phi) is 4.34. The predicted octanol–water partition coefficient (Wildman–Crippen LogP) is 2.22. The average Bonchev–Trinajstić information content (AvgIpc) is 3.05. The summed E-state index contributed by atoms with van der Waals surface area (Å²) in [6, 6.07) is 0. The van der Waals surface area contributed by atoms with Crippen LogP contribution in [0.2, 0.25) is 0 Å². The average molecular weight is 345 g/mol. The van der Waals surface area contributed by atoms with Crippen molar-refractivity contribution in [3.05, 3.63) is 32.2 Å². The number of imidazole rings is 2. The van der Waals surface area contributed by atoms with Crippen molar-refractivity contribution in [1.29, 1.82) is 0 Å². The molecule has 3 aromatic rings. The summed E-state index contributed by atoms with van der Waals surface area (Å²) in [4.78, 5) is 30.4. The highest BCUT2D eigenvalue weighted by Crippen LogP contribution is 2.20. The number of rotatable bonds is 5. The molecule has 7 heteroatoms. The molecule has 3 heterocycles. The van der Waals surface area contributed by atoms with Gasteiger partial charge in [-0.25, -0.2) is 4.79 Å². The van der Waals surface area contributed by atoms with E-state index in [1.54, 1.807) is 7.05 Å². The zero-order valence-corrected chi connectivity index (χ0v) is 16.0. The van der Waals surface area contributed by atoms with Crippen LogP contribution in [0.5, 0.6) is 0 Å². The largest absolute Gasteiger partial charge is 0.332 e. The van der Waals surface area contributed by atoms with E-state index in [1.807, 2.05) is 18.2 Å². The quantitative estimate of drug-likeness (QED) is 0.712.